The molecule has 2 aromatic carbocycles. The second-order valence-electron chi connectivity index (χ2n) is 8.13. The van der Waals surface area contributed by atoms with Crippen LogP contribution in [-0.4, -0.2) is 25.0 Å². The molecule has 5 nitrogen and oxygen atoms in total. The van der Waals surface area contributed by atoms with Crippen molar-refractivity contribution in [1.29, 1.82) is 5.26 Å². The van der Waals surface area contributed by atoms with Crippen LogP contribution in [0, 0.1) is 11.3 Å². The highest BCUT2D eigenvalue weighted by atomic mass is 16.5. The first-order valence-corrected chi connectivity index (χ1v) is 9.58. The highest BCUT2D eigenvalue weighted by Crippen LogP contribution is 2.47. The monoisotopic (exact) mass is 388 g/mol. The van der Waals surface area contributed by atoms with Crippen molar-refractivity contribution in [3.8, 4) is 6.07 Å². The summed E-state index contributed by atoms with van der Waals surface area (Å²) in [5.74, 6) is 0.279. The molecule has 0 fully saturated rings. The van der Waals surface area contributed by atoms with Crippen LogP contribution in [0.5, 0.6) is 0 Å². The minimum atomic E-state index is -0.682. The molecular formula is C24H28N4O. The van der Waals surface area contributed by atoms with Gasteiger partial charge in [-0.1, -0.05) is 43.0 Å². The molecule has 0 unspecified atom stereocenters. The average Bonchev–Trinajstić information content (AvgIpc) is 2.72. The van der Waals surface area contributed by atoms with E-state index in [9.17, 15) is 5.26 Å². The summed E-state index contributed by atoms with van der Waals surface area (Å²) in [5.41, 5.74) is 9.74. The predicted molar refractivity (Wildman–Crippen MR) is 116 cm³/mol. The first kappa shape index (κ1) is 20.6. The topological polar surface area (TPSA) is 74.6 Å². The maximum atomic E-state index is 9.36. The maximum absolute atomic E-state index is 9.36. The molecule has 1 aliphatic rings. The molecule has 0 aliphatic carbocycles. The summed E-state index contributed by atoms with van der Waals surface area (Å²) in [6.45, 7) is 10.5. The minimum absolute atomic E-state index is 0.131. The van der Waals surface area contributed by atoms with Gasteiger partial charge in [-0.2, -0.15) is 5.26 Å². The number of aliphatic imine (C=N–C) groups is 1. The van der Waals surface area contributed by atoms with Crippen LogP contribution < -0.4 is 5.73 Å². The van der Waals surface area contributed by atoms with E-state index in [4.69, 9.17) is 15.5 Å². The molecule has 0 saturated carbocycles. The molecule has 0 spiro atoms. The molecule has 2 aromatic rings. The van der Waals surface area contributed by atoms with E-state index < -0.39 is 5.54 Å². The van der Waals surface area contributed by atoms with Crippen LogP contribution in [0.2, 0.25) is 0 Å². The van der Waals surface area contributed by atoms with Crippen LogP contribution in [0.4, 0.5) is 0 Å². The van der Waals surface area contributed by atoms with Gasteiger partial charge in [0.05, 0.1) is 28.7 Å². The van der Waals surface area contributed by atoms with Crippen molar-refractivity contribution in [3.63, 3.8) is 0 Å². The lowest BCUT2D eigenvalue weighted by Gasteiger charge is -2.44. The molecule has 3 rings (SSSR count). The average molecular weight is 389 g/mol. The van der Waals surface area contributed by atoms with Crippen LogP contribution in [0.25, 0.3) is 0 Å². The largest absolute Gasteiger partial charge is 0.374 e. The van der Waals surface area contributed by atoms with Crippen molar-refractivity contribution in [1.82, 2.24) is 4.90 Å². The quantitative estimate of drug-likeness (QED) is 0.851. The zero-order valence-corrected chi connectivity index (χ0v) is 17.7. The van der Waals surface area contributed by atoms with E-state index in [0.29, 0.717) is 11.5 Å². The molecule has 0 amide bonds. The molecule has 0 bridgehead atoms. The Balaban J connectivity index is 2.16. The molecule has 2 atom stereocenters. The van der Waals surface area contributed by atoms with Crippen LogP contribution in [0.3, 0.4) is 0 Å². The zero-order chi connectivity index (χ0) is 21.4. The van der Waals surface area contributed by atoms with Crippen molar-refractivity contribution in [3.05, 3.63) is 83.1 Å². The van der Waals surface area contributed by atoms with Gasteiger partial charge in [-0.15, -0.1) is 0 Å². The number of guanidine groups is 1. The van der Waals surface area contributed by atoms with Gasteiger partial charge in [0.15, 0.2) is 5.96 Å². The Morgan fingerprint density at radius 3 is 2.48 bits per heavy atom. The summed E-state index contributed by atoms with van der Waals surface area (Å²) in [5, 5.41) is 9.36. The summed E-state index contributed by atoms with van der Waals surface area (Å²) in [4.78, 5) is 6.69. The van der Waals surface area contributed by atoms with Gasteiger partial charge in [-0.3, -0.25) is 0 Å². The number of nitrogens with two attached hydrogens (primary N) is 1. The van der Waals surface area contributed by atoms with Gasteiger partial charge in [0.1, 0.15) is 0 Å². The molecule has 5 heteroatoms. The van der Waals surface area contributed by atoms with Crippen LogP contribution in [0.15, 0.2) is 65.8 Å². The Labute approximate surface area is 173 Å². The van der Waals surface area contributed by atoms with Gasteiger partial charge in [0, 0.05) is 19.9 Å². The number of hydrogen-bond acceptors (Lipinski definition) is 5. The lowest BCUT2D eigenvalue weighted by molar-refractivity contribution is 0.0192. The third-order valence-electron chi connectivity index (χ3n) is 6.04. The number of rotatable bonds is 4. The lowest BCUT2D eigenvalue weighted by atomic mass is 9.73. The van der Waals surface area contributed by atoms with Crippen LogP contribution in [-0.2, 0) is 15.9 Å². The van der Waals surface area contributed by atoms with E-state index in [1.54, 1.807) is 13.2 Å². The third-order valence-corrected chi connectivity index (χ3v) is 6.04. The number of nitrogens with zero attached hydrogens (tertiary/aromatic N) is 3. The van der Waals surface area contributed by atoms with Crippen molar-refractivity contribution < 1.29 is 4.74 Å². The summed E-state index contributed by atoms with van der Waals surface area (Å²) in [6.07, 6.45) is 0. The fourth-order valence-electron chi connectivity index (χ4n) is 3.89. The molecule has 2 N–H and O–H groups in total. The Kier molecular flexibility index (Phi) is 5.25. The Morgan fingerprint density at radius 2 is 1.90 bits per heavy atom. The standard InChI is InChI=1S/C24H28N4O/c1-16-21(18-10-12-19(13-11-18)23(2,3)29-6)24(4,27-22(26)28(16)5)20-9-7-8-17(14-20)15-25/h7-14,21H,1H2,2-6H3,(H2,26,27)/t21-,24+/m0/s1. The van der Waals surface area contributed by atoms with Crippen molar-refractivity contribution in [2.24, 2.45) is 10.7 Å². The van der Waals surface area contributed by atoms with E-state index in [2.05, 4.69) is 36.9 Å². The van der Waals surface area contributed by atoms with E-state index in [-0.39, 0.29) is 11.5 Å². The summed E-state index contributed by atoms with van der Waals surface area (Å²) in [6, 6.07) is 18.1. The second-order valence-corrected chi connectivity index (χ2v) is 8.13. The molecule has 29 heavy (non-hydrogen) atoms. The minimum Gasteiger partial charge on any atom is -0.374 e. The lowest BCUT2D eigenvalue weighted by Crippen LogP contribution is -2.47. The van der Waals surface area contributed by atoms with Gasteiger partial charge in [0.2, 0.25) is 0 Å². The van der Waals surface area contributed by atoms with E-state index in [0.717, 1.165) is 22.4 Å². The Morgan fingerprint density at radius 1 is 1.24 bits per heavy atom. The van der Waals surface area contributed by atoms with Crippen LogP contribution in [0.1, 0.15) is 48.9 Å². The first-order chi connectivity index (χ1) is 13.6. The van der Waals surface area contributed by atoms with Gasteiger partial charge >= 0.3 is 0 Å². The van der Waals surface area contributed by atoms with E-state index in [1.165, 1.54) is 0 Å². The number of benzene rings is 2. The summed E-state index contributed by atoms with van der Waals surface area (Å²) < 4.78 is 5.60. The van der Waals surface area contributed by atoms with Gasteiger partial charge in [-0.05, 0) is 49.6 Å². The van der Waals surface area contributed by atoms with Crippen molar-refractivity contribution in [2.75, 3.05) is 14.2 Å². The molecular weight excluding hydrogens is 360 g/mol. The third kappa shape index (κ3) is 3.52. The number of hydrogen-bond donors (Lipinski definition) is 1. The smallest absolute Gasteiger partial charge is 0.196 e. The summed E-state index contributed by atoms with van der Waals surface area (Å²) >= 11 is 0. The fourth-order valence-corrected chi connectivity index (χ4v) is 3.89. The van der Waals surface area contributed by atoms with Crippen molar-refractivity contribution >= 4 is 5.96 Å². The number of likely N-dealkylation sites (N-methyl/N-ethyl adjacent to an activating group) is 1. The fraction of sp³-hybridized carbons (Fsp3) is 0.333. The Bertz CT molecular complexity index is 1000. The first-order valence-electron chi connectivity index (χ1n) is 9.58. The summed E-state index contributed by atoms with van der Waals surface area (Å²) in [7, 11) is 3.59. The highest BCUT2D eigenvalue weighted by Gasteiger charge is 2.44. The zero-order valence-electron chi connectivity index (χ0n) is 17.7. The molecule has 150 valence electrons. The number of nitriles is 1. The maximum Gasteiger partial charge on any atom is 0.196 e. The van der Waals surface area contributed by atoms with Gasteiger partial charge in [0.25, 0.3) is 0 Å². The van der Waals surface area contributed by atoms with Crippen LogP contribution >= 0.6 is 0 Å². The number of methoxy groups -OCH3 is 1. The molecule has 1 aliphatic heterocycles. The second kappa shape index (κ2) is 7.38. The SMILES string of the molecule is C=C1[C@@H](c2ccc(C(C)(C)OC)cc2)[C@@](C)(c2cccc(C#N)c2)N=C(N)N1C. The van der Waals surface area contributed by atoms with Gasteiger partial charge < -0.3 is 15.4 Å². The predicted octanol–water partition coefficient (Wildman–Crippen LogP) is 4.21. The van der Waals surface area contributed by atoms with E-state index >= 15 is 0 Å². The van der Waals surface area contributed by atoms with Gasteiger partial charge in [-0.25, -0.2) is 4.99 Å². The van der Waals surface area contributed by atoms with E-state index in [1.807, 2.05) is 50.9 Å². The molecule has 0 radical (unpaired) electrons. The molecule has 1 heterocycles. The van der Waals surface area contributed by atoms with Crippen molar-refractivity contribution in [2.45, 2.75) is 37.8 Å². The normalized spacial score (nSPS) is 22.2. The Hall–Kier alpha value is -3.10. The number of ether oxygens (including phenoxy) is 1. The highest BCUT2D eigenvalue weighted by molar-refractivity contribution is 5.82. The molecule has 0 aromatic heterocycles. The molecule has 0 saturated heterocycles.